The van der Waals surface area contributed by atoms with Gasteiger partial charge in [-0.1, -0.05) is 11.6 Å². The van der Waals surface area contributed by atoms with Crippen LogP contribution in [0, 0.1) is 13.8 Å². The maximum atomic E-state index is 11.8. The van der Waals surface area contributed by atoms with Crippen molar-refractivity contribution in [2.75, 3.05) is 5.32 Å². The predicted molar refractivity (Wildman–Crippen MR) is 68.9 cm³/mol. The summed E-state index contributed by atoms with van der Waals surface area (Å²) in [4.78, 5) is 11.8. The molecule has 1 N–H and O–H groups in total. The van der Waals surface area contributed by atoms with Gasteiger partial charge in [-0.25, -0.2) is 0 Å². The van der Waals surface area contributed by atoms with Gasteiger partial charge in [0.2, 0.25) is 5.91 Å². The first-order valence-electron chi connectivity index (χ1n) is 5.59. The number of nitrogens with one attached hydrogen (secondary N) is 1. The van der Waals surface area contributed by atoms with Crippen molar-refractivity contribution in [2.45, 2.75) is 39.7 Å². The Morgan fingerprint density at radius 1 is 1.41 bits per heavy atom. The van der Waals surface area contributed by atoms with Gasteiger partial charge in [0.05, 0.1) is 12.1 Å². The van der Waals surface area contributed by atoms with Crippen LogP contribution in [-0.2, 0) is 4.79 Å². The molecule has 92 valence electrons. The number of fused-ring (bicyclic) bond motifs is 1. The van der Waals surface area contributed by atoms with Crippen LogP contribution in [-0.4, -0.2) is 11.5 Å². The largest absolute Gasteiger partial charge is 0.485 e. The second kappa shape index (κ2) is 3.91. The van der Waals surface area contributed by atoms with E-state index in [1.807, 2.05) is 33.8 Å². The lowest BCUT2D eigenvalue weighted by atomic mass is 10.1. The summed E-state index contributed by atoms with van der Waals surface area (Å²) in [5, 5.41) is 3.54. The average Bonchev–Trinajstić information content (AvgIpc) is 2.30. The Labute approximate surface area is 106 Å². The molecule has 1 heterocycles. The van der Waals surface area contributed by atoms with Gasteiger partial charge in [0.25, 0.3) is 0 Å². The standard InChI is InChI=1S/C13H16ClNO2/c1-7-5-9-12(8(2)11(7)14)15-10(16)6-13(3,4)17-9/h5H,6H2,1-4H3,(H,15,16). The number of carbonyl (C=O) groups excluding carboxylic acids is 1. The Hall–Kier alpha value is -1.22. The van der Waals surface area contributed by atoms with Crippen LogP contribution in [0.2, 0.25) is 5.02 Å². The van der Waals surface area contributed by atoms with E-state index in [1.165, 1.54) is 0 Å². The normalized spacial score (nSPS) is 17.8. The minimum Gasteiger partial charge on any atom is -0.485 e. The molecule has 0 saturated heterocycles. The lowest BCUT2D eigenvalue weighted by Gasteiger charge is -2.23. The third kappa shape index (κ3) is 2.25. The maximum Gasteiger partial charge on any atom is 0.228 e. The van der Waals surface area contributed by atoms with E-state index >= 15 is 0 Å². The summed E-state index contributed by atoms with van der Waals surface area (Å²) in [5.41, 5.74) is 2.00. The summed E-state index contributed by atoms with van der Waals surface area (Å²) in [5.74, 6) is 0.650. The zero-order chi connectivity index (χ0) is 12.8. The fraction of sp³-hybridized carbons (Fsp3) is 0.462. The van der Waals surface area contributed by atoms with E-state index in [9.17, 15) is 4.79 Å². The molecule has 0 aliphatic carbocycles. The molecular formula is C13H16ClNO2. The van der Waals surface area contributed by atoms with Crippen LogP contribution in [0.3, 0.4) is 0 Å². The number of rotatable bonds is 0. The number of hydrogen-bond donors (Lipinski definition) is 1. The van der Waals surface area contributed by atoms with E-state index < -0.39 is 5.60 Å². The van der Waals surface area contributed by atoms with Crippen LogP contribution < -0.4 is 10.1 Å². The van der Waals surface area contributed by atoms with Gasteiger partial charge < -0.3 is 10.1 Å². The molecule has 0 saturated carbocycles. The molecule has 17 heavy (non-hydrogen) atoms. The third-order valence-corrected chi connectivity index (χ3v) is 3.46. The highest BCUT2D eigenvalue weighted by Crippen LogP contribution is 2.40. The molecule has 1 aliphatic heterocycles. The number of hydrogen-bond acceptors (Lipinski definition) is 2. The molecule has 0 radical (unpaired) electrons. The Kier molecular flexibility index (Phi) is 2.82. The number of ether oxygens (including phenoxy) is 1. The van der Waals surface area contributed by atoms with Crippen molar-refractivity contribution < 1.29 is 9.53 Å². The Balaban J connectivity index is 2.61. The summed E-state index contributed by atoms with van der Waals surface area (Å²) in [6, 6.07) is 1.87. The summed E-state index contributed by atoms with van der Waals surface area (Å²) < 4.78 is 5.89. The van der Waals surface area contributed by atoms with Crippen molar-refractivity contribution in [3.8, 4) is 5.75 Å². The number of halogens is 1. The lowest BCUT2D eigenvalue weighted by molar-refractivity contribution is -0.118. The molecule has 1 aromatic carbocycles. The van der Waals surface area contributed by atoms with Gasteiger partial charge in [0, 0.05) is 5.02 Å². The smallest absolute Gasteiger partial charge is 0.228 e. The molecule has 1 aromatic rings. The SMILES string of the molecule is Cc1cc2c(c(C)c1Cl)NC(=O)CC(C)(C)O2. The van der Waals surface area contributed by atoms with Crippen molar-refractivity contribution in [2.24, 2.45) is 0 Å². The van der Waals surface area contributed by atoms with E-state index in [-0.39, 0.29) is 5.91 Å². The minimum atomic E-state index is -0.498. The van der Waals surface area contributed by atoms with E-state index in [1.54, 1.807) is 0 Å². The number of carbonyl (C=O) groups is 1. The zero-order valence-electron chi connectivity index (χ0n) is 10.5. The van der Waals surface area contributed by atoms with Crippen molar-refractivity contribution in [3.63, 3.8) is 0 Å². The topological polar surface area (TPSA) is 38.3 Å². The highest BCUT2D eigenvalue weighted by atomic mass is 35.5. The summed E-state index contributed by atoms with van der Waals surface area (Å²) in [6.45, 7) is 7.62. The van der Waals surface area contributed by atoms with Crippen molar-refractivity contribution in [1.82, 2.24) is 0 Å². The second-order valence-electron chi connectivity index (χ2n) is 5.09. The highest BCUT2D eigenvalue weighted by molar-refractivity contribution is 6.32. The maximum absolute atomic E-state index is 11.8. The average molecular weight is 254 g/mol. The fourth-order valence-corrected chi connectivity index (χ4v) is 2.21. The molecule has 0 aromatic heterocycles. The molecule has 2 rings (SSSR count). The Morgan fingerprint density at radius 3 is 2.71 bits per heavy atom. The van der Waals surface area contributed by atoms with E-state index in [2.05, 4.69) is 5.32 Å². The first kappa shape index (κ1) is 12.2. The van der Waals surface area contributed by atoms with Gasteiger partial charge in [-0.2, -0.15) is 0 Å². The van der Waals surface area contributed by atoms with Crippen molar-refractivity contribution >= 4 is 23.2 Å². The third-order valence-electron chi connectivity index (χ3n) is 2.88. The zero-order valence-corrected chi connectivity index (χ0v) is 11.2. The number of amides is 1. The van der Waals surface area contributed by atoms with E-state index in [4.69, 9.17) is 16.3 Å². The van der Waals surface area contributed by atoms with Crippen LogP contribution >= 0.6 is 11.6 Å². The second-order valence-corrected chi connectivity index (χ2v) is 5.47. The molecule has 0 atom stereocenters. The van der Waals surface area contributed by atoms with Gasteiger partial charge in [-0.3, -0.25) is 4.79 Å². The summed E-state index contributed by atoms with van der Waals surface area (Å²) in [6.07, 6.45) is 0.331. The van der Waals surface area contributed by atoms with E-state index in [0.29, 0.717) is 22.9 Å². The Morgan fingerprint density at radius 2 is 2.06 bits per heavy atom. The van der Waals surface area contributed by atoms with Gasteiger partial charge in [0.1, 0.15) is 11.4 Å². The molecule has 1 aliphatic rings. The van der Waals surface area contributed by atoms with Crippen molar-refractivity contribution in [1.29, 1.82) is 0 Å². The summed E-state index contributed by atoms with van der Waals surface area (Å²) >= 11 is 6.18. The predicted octanol–water partition coefficient (Wildman–Crippen LogP) is 3.46. The molecule has 0 bridgehead atoms. The van der Waals surface area contributed by atoms with Crippen LogP contribution in [0.5, 0.6) is 5.75 Å². The molecule has 1 amide bonds. The molecule has 0 spiro atoms. The molecule has 0 fully saturated rings. The minimum absolute atomic E-state index is 0.0447. The van der Waals surface area contributed by atoms with Crippen LogP contribution in [0.4, 0.5) is 5.69 Å². The monoisotopic (exact) mass is 253 g/mol. The molecule has 3 nitrogen and oxygen atoms in total. The summed E-state index contributed by atoms with van der Waals surface area (Å²) in [7, 11) is 0. The lowest BCUT2D eigenvalue weighted by Crippen LogP contribution is -2.30. The number of aryl methyl sites for hydroxylation is 1. The number of benzene rings is 1. The van der Waals surface area contributed by atoms with Crippen molar-refractivity contribution in [3.05, 3.63) is 22.2 Å². The highest BCUT2D eigenvalue weighted by Gasteiger charge is 2.30. The van der Waals surface area contributed by atoms with Gasteiger partial charge in [-0.05, 0) is 44.9 Å². The van der Waals surface area contributed by atoms with Gasteiger partial charge in [0.15, 0.2) is 0 Å². The fourth-order valence-electron chi connectivity index (χ4n) is 2.06. The molecular weight excluding hydrogens is 238 g/mol. The van der Waals surface area contributed by atoms with Crippen LogP contribution in [0.15, 0.2) is 6.07 Å². The van der Waals surface area contributed by atoms with E-state index in [0.717, 1.165) is 11.1 Å². The van der Waals surface area contributed by atoms with Gasteiger partial charge >= 0.3 is 0 Å². The molecule has 4 heteroatoms. The first-order valence-corrected chi connectivity index (χ1v) is 5.96. The van der Waals surface area contributed by atoms with Crippen LogP contribution in [0.25, 0.3) is 0 Å². The van der Waals surface area contributed by atoms with Gasteiger partial charge in [-0.15, -0.1) is 0 Å². The first-order chi connectivity index (χ1) is 7.80. The van der Waals surface area contributed by atoms with Crippen LogP contribution in [0.1, 0.15) is 31.4 Å². The Bertz CT molecular complexity index is 495. The quantitative estimate of drug-likeness (QED) is 0.769. The molecule has 0 unspecified atom stereocenters. The number of anilines is 1.